The van der Waals surface area contributed by atoms with Crippen molar-refractivity contribution in [3.8, 4) is 5.75 Å². The van der Waals surface area contributed by atoms with Crippen molar-refractivity contribution in [1.29, 1.82) is 5.41 Å². The molecule has 2 atom stereocenters. The summed E-state index contributed by atoms with van der Waals surface area (Å²) in [6.07, 6.45) is 1.02. The normalized spacial score (nSPS) is 13.4. The Balaban J connectivity index is 2.51. The van der Waals surface area contributed by atoms with Crippen LogP contribution in [0.2, 0.25) is 0 Å². The van der Waals surface area contributed by atoms with E-state index in [-0.39, 0.29) is 17.8 Å². The van der Waals surface area contributed by atoms with Gasteiger partial charge in [0, 0.05) is 12.6 Å². The fourth-order valence-electron chi connectivity index (χ4n) is 1.97. The second-order valence-electron chi connectivity index (χ2n) is 4.85. The standard InChI is InChI=1S/C14H22N4O3/c1-9(10-4-6-11(19)7-5-10)18-12(13(20)21)3-2-8-17-14(15)16/h4-7,9,12,18-19H,2-3,8H2,1H3,(H,20,21)(H4,15,16,17)/t9?,12-/m0/s1. The van der Waals surface area contributed by atoms with Crippen LogP contribution in [0.15, 0.2) is 24.3 Å². The topological polar surface area (TPSA) is 131 Å². The molecule has 0 bridgehead atoms. The molecule has 116 valence electrons. The van der Waals surface area contributed by atoms with E-state index in [4.69, 9.17) is 11.1 Å². The van der Waals surface area contributed by atoms with Crippen LogP contribution in [-0.2, 0) is 4.79 Å². The lowest BCUT2D eigenvalue weighted by atomic mass is 10.1. The van der Waals surface area contributed by atoms with Crippen molar-refractivity contribution in [2.45, 2.75) is 31.8 Å². The zero-order valence-electron chi connectivity index (χ0n) is 12.0. The van der Waals surface area contributed by atoms with Crippen molar-refractivity contribution in [2.75, 3.05) is 6.54 Å². The monoisotopic (exact) mass is 294 g/mol. The molecular weight excluding hydrogens is 272 g/mol. The van der Waals surface area contributed by atoms with Gasteiger partial charge >= 0.3 is 5.97 Å². The highest BCUT2D eigenvalue weighted by molar-refractivity contribution is 5.74. The zero-order valence-corrected chi connectivity index (χ0v) is 12.0. The van der Waals surface area contributed by atoms with Crippen LogP contribution >= 0.6 is 0 Å². The minimum Gasteiger partial charge on any atom is -0.508 e. The number of phenols is 1. The van der Waals surface area contributed by atoms with Gasteiger partial charge in [-0.2, -0.15) is 0 Å². The molecular formula is C14H22N4O3. The van der Waals surface area contributed by atoms with Gasteiger partial charge in [0.1, 0.15) is 11.8 Å². The molecule has 7 N–H and O–H groups in total. The van der Waals surface area contributed by atoms with Crippen molar-refractivity contribution in [1.82, 2.24) is 10.6 Å². The number of phenolic OH excluding ortho intramolecular Hbond substituents is 1. The Morgan fingerprint density at radius 3 is 2.52 bits per heavy atom. The smallest absolute Gasteiger partial charge is 0.320 e. The molecule has 1 aromatic carbocycles. The summed E-state index contributed by atoms with van der Waals surface area (Å²) in [6, 6.07) is 5.82. The lowest BCUT2D eigenvalue weighted by Crippen LogP contribution is -2.39. The van der Waals surface area contributed by atoms with Gasteiger partial charge in [0.2, 0.25) is 0 Å². The predicted octanol–water partition coefficient (Wildman–Crippen LogP) is 0.759. The number of carbonyl (C=O) groups is 1. The molecule has 21 heavy (non-hydrogen) atoms. The third-order valence-electron chi connectivity index (χ3n) is 3.13. The molecule has 7 heteroatoms. The van der Waals surface area contributed by atoms with Gasteiger partial charge in [-0.15, -0.1) is 0 Å². The first-order chi connectivity index (χ1) is 9.90. The summed E-state index contributed by atoms with van der Waals surface area (Å²) in [4.78, 5) is 11.3. The number of carboxylic acid groups (broad SMARTS) is 1. The summed E-state index contributed by atoms with van der Waals surface area (Å²) in [6.45, 7) is 2.34. The van der Waals surface area contributed by atoms with E-state index in [9.17, 15) is 15.0 Å². The van der Waals surface area contributed by atoms with Crippen LogP contribution in [0.5, 0.6) is 5.75 Å². The number of rotatable bonds is 8. The highest BCUT2D eigenvalue weighted by Crippen LogP contribution is 2.17. The molecule has 0 saturated carbocycles. The number of nitrogens with two attached hydrogens (primary N) is 1. The number of nitrogens with one attached hydrogen (secondary N) is 3. The molecule has 1 unspecified atom stereocenters. The summed E-state index contributed by atoms with van der Waals surface area (Å²) in [7, 11) is 0. The molecule has 7 nitrogen and oxygen atoms in total. The summed E-state index contributed by atoms with van der Waals surface area (Å²) in [5.74, 6) is -0.855. The van der Waals surface area contributed by atoms with E-state index in [2.05, 4.69) is 10.6 Å². The van der Waals surface area contributed by atoms with Crippen LogP contribution < -0.4 is 16.4 Å². The van der Waals surface area contributed by atoms with Gasteiger partial charge in [0.05, 0.1) is 0 Å². The first kappa shape index (κ1) is 16.8. The molecule has 0 aromatic heterocycles. The Hall–Kier alpha value is -2.28. The number of benzene rings is 1. The number of aromatic hydroxyl groups is 1. The zero-order chi connectivity index (χ0) is 15.8. The third-order valence-corrected chi connectivity index (χ3v) is 3.13. The molecule has 1 aromatic rings. The molecule has 0 aliphatic carbocycles. The summed E-state index contributed by atoms with van der Waals surface area (Å²) >= 11 is 0. The van der Waals surface area contributed by atoms with Crippen LogP contribution in [0.25, 0.3) is 0 Å². The molecule has 0 heterocycles. The van der Waals surface area contributed by atoms with E-state index >= 15 is 0 Å². The Morgan fingerprint density at radius 2 is 2.00 bits per heavy atom. The lowest BCUT2D eigenvalue weighted by molar-refractivity contribution is -0.139. The van der Waals surface area contributed by atoms with Gasteiger partial charge in [-0.05, 0) is 37.5 Å². The van der Waals surface area contributed by atoms with Crippen LogP contribution in [0.4, 0.5) is 0 Å². The van der Waals surface area contributed by atoms with Crippen LogP contribution in [0, 0.1) is 5.41 Å². The van der Waals surface area contributed by atoms with E-state index in [1.54, 1.807) is 24.3 Å². The summed E-state index contributed by atoms with van der Waals surface area (Å²) in [5.41, 5.74) is 6.06. The van der Waals surface area contributed by atoms with E-state index < -0.39 is 12.0 Å². The maximum atomic E-state index is 11.3. The van der Waals surface area contributed by atoms with Crippen molar-refractivity contribution in [3.05, 3.63) is 29.8 Å². The lowest BCUT2D eigenvalue weighted by Gasteiger charge is -2.20. The van der Waals surface area contributed by atoms with E-state index in [0.29, 0.717) is 19.4 Å². The highest BCUT2D eigenvalue weighted by atomic mass is 16.4. The largest absolute Gasteiger partial charge is 0.508 e. The van der Waals surface area contributed by atoms with E-state index in [1.165, 1.54) is 0 Å². The first-order valence-corrected chi connectivity index (χ1v) is 6.76. The van der Waals surface area contributed by atoms with Crippen LogP contribution in [0.3, 0.4) is 0 Å². The minimum atomic E-state index is -0.913. The molecule has 0 spiro atoms. The number of aliphatic carboxylic acids is 1. The quantitative estimate of drug-likeness (QED) is 0.238. The van der Waals surface area contributed by atoms with E-state index in [0.717, 1.165) is 5.56 Å². The average Bonchev–Trinajstić information content (AvgIpc) is 2.42. The van der Waals surface area contributed by atoms with E-state index in [1.807, 2.05) is 6.92 Å². The summed E-state index contributed by atoms with van der Waals surface area (Å²) < 4.78 is 0. The number of guanidine groups is 1. The number of carboxylic acids is 1. The van der Waals surface area contributed by atoms with Gasteiger partial charge < -0.3 is 21.3 Å². The Morgan fingerprint density at radius 1 is 1.38 bits per heavy atom. The second-order valence-corrected chi connectivity index (χ2v) is 4.85. The fourth-order valence-corrected chi connectivity index (χ4v) is 1.97. The molecule has 0 fully saturated rings. The Kier molecular flexibility index (Phi) is 6.48. The van der Waals surface area contributed by atoms with Gasteiger partial charge in [0.25, 0.3) is 0 Å². The third kappa shape index (κ3) is 6.13. The van der Waals surface area contributed by atoms with Gasteiger partial charge in [0.15, 0.2) is 5.96 Å². The molecule has 0 amide bonds. The molecule has 1 rings (SSSR count). The number of hydrogen-bond donors (Lipinski definition) is 6. The predicted molar refractivity (Wildman–Crippen MR) is 80.2 cm³/mol. The van der Waals surface area contributed by atoms with Gasteiger partial charge in [-0.3, -0.25) is 15.5 Å². The molecule has 0 radical (unpaired) electrons. The molecule has 0 aliphatic rings. The van der Waals surface area contributed by atoms with Crippen molar-refractivity contribution >= 4 is 11.9 Å². The summed E-state index contributed by atoms with van der Waals surface area (Å²) in [5, 5.41) is 31.2. The van der Waals surface area contributed by atoms with Crippen LogP contribution in [0.1, 0.15) is 31.4 Å². The van der Waals surface area contributed by atoms with Crippen molar-refractivity contribution in [3.63, 3.8) is 0 Å². The van der Waals surface area contributed by atoms with Gasteiger partial charge in [-0.1, -0.05) is 12.1 Å². The average molecular weight is 294 g/mol. The second kappa shape index (κ2) is 8.11. The van der Waals surface area contributed by atoms with Crippen LogP contribution in [-0.4, -0.2) is 34.7 Å². The Labute approximate surface area is 123 Å². The number of hydrogen-bond acceptors (Lipinski definition) is 4. The first-order valence-electron chi connectivity index (χ1n) is 6.76. The van der Waals surface area contributed by atoms with Gasteiger partial charge in [-0.25, -0.2) is 0 Å². The minimum absolute atomic E-state index is 0.118. The molecule has 0 aliphatic heterocycles. The fraction of sp³-hybridized carbons (Fsp3) is 0.429. The van der Waals surface area contributed by atoms with Crippen molar-refractivity contribution in [2.24, 2.45) is 5.73 Å². The molecule has 0 saturated heterocycles. The maximum Gasteiger partial charge on any atom is 0.320 e. The maximum absolute atomic E-state index is 11.3. The Bertz CT molecular complexity index is 476. The SMILES string of the molecule is CC(N[C@@H](CCCNC(=N)N)C(=O)O)c1ccc(O)cc1. The highest BCUT2D eigenvalue weighted by Gasteiger charge is 2.19. The van der Waals surface area contributed by atoms with Crippen molar-refractivity contribution < 1.29 is 15.0 Å².